The summed E-state index contributed by atoms with van der Waals surface area (Å²) in [6.07, 6.45) is 4.44. The van der Waals surface area contributed by atoms with Crippen LogP contribution in [0.2, 0.25) is 0 Å². The van der Waals surface area contributed by atoms with Crippen molar-refractivity contribution in [3.8, 4) is 5.75 Å². The van der Waals surface area contributed by atoms with Gasteiger partial charge in [-0.25, -0.2) is 0 Å². The predicted molar refractivity (Wildman–Crippen MR) is 109 cm³/mol. The van der Waals surface area contributed by atoms with Gasteiger partial charge in [-0.3, -0.25) is 14.4 Å². The van der Waals surface area contributed by atoms with Crippen LogP contribution in [0.1, 0.15) is 44.6 Å². The van der Waals surface area contributed by atoms with Crippen LogP contribution in [0.4, 0.5) is 5.69 Å². The zero-order valence-electron chi connectivity index (χ0n) is 17.4. The van der Waals surface area contributed by atoms with Gasteiger partial charge in [0.05, 0.1) is 18.7 Å². The quantitative estimate of drug-likeness (QED) is 0.740. The molecule has 1 aliphatic carbocycles. The summed E-state index contributed by atoms with van der Waals surface area (Å²) in [5.74, 6) is -0.518. The van der Waals surface area contributed by atoms with E-state index in [-0.39, 0.29) is 37.4 Å². The first-order valence-electron chi connectivity index (χ1n) is 10.3. The van der Waals surface area contributed by atoms with Crippen LogP contribution in [0.15, 0.2) is 18.2 Å². The van der Waals surface area contributed by atoms with Crippen molar-refractivity contribution in [1.29, 1.82) is 0 Å². The number of nitrogens with zero attached hydrogens (tertiary/aromatic N) is 1. The van der Waals surface area contributed by atoms with Gasteiger partial charge in [0.15, 0.2) is 6.61 Å². The Kier molecular flexibility index (Phi) is 6.77. The Bertz CT molecular complexity index is 778. The van der Waals surface area contributed by atoms with Crippen LogP contribution in [0.25, 0.3) is 0 Å². The number of nitrogens with one attached hydrogen (secondary N) is 1. The van der Waals surface area contributed by atoms with Gasteiger partial charge < -0.3 is 19.7 Å². The highest BCUT2D eigenvalue weighted by molar-refractivity contribution is 6.00. The van der Waals surface area contributed by atoms with E-state index >= 15 is 0 Å². The van der Waals surface area contributed by atoms with Gasteiger partial charge in [0, 0.05) is 19.0 Å². The molecule has 2 fully saturated rings. The van der Waals surface area contributed by atoms with Crippen molar-refractivity contribution in [2.75, 3.05) is 25.2 Å². The van der Waals surface area contributed by atoms with Crippen molar-refractivity contribution in [3.63, 3.8) is 0 Å². The van der Waals surface area contributed by atoms with Gasteiger partial charge >= 0.3 is 5.97 Å². The zero-order valence-corrected chi connectivity index (χ0v) is 17.4. The molecule has 1 saturated carbocycles. The van der Waals surface area contributed by atoms with E-state index in [4.69, 9.17) is 9.47 Å². The first kappa shape index (κ1) is 21.1. The lowest BCUT2D eigenvalue weighted by Gasteiger charge is -2.29. The molecule has 7 heteroatoms. The number of esters is 1. The number of benzene rings is 1. The Morgan fingerprint density at radius 2 is 2.00 bits per heavy atom. The summed E-state index contributed by atoms with van der Waals surface area (Å²) in [6, 6.07) is 5.72. The third-order valence-electron chi connectivity index (χ3n) is 5.89. The van der Waals surface area contributed by atoms with Crippen LogP contribution < -0.4 is 15.0 Å². The summed E-state index contributed by atoms with van der Waals surface area (Å²) < 4.78 is 10.6. The molecule has 7 nitrogen and oxygen atoms in total. The SMILES string of the molecule is COc1ccc(C)cc1N1C[C@H](C(=O)OCC(=O)N[C@@H]2CCCC[C@@H]2C)CC1=O. The van der Waals surface area contributed by atoms with Gasteiger partial charge in [-0.05, 0) is 43.4 Å². The minimum Gasteiger partial charge on any atom is -0.495 e. The Morgan fingerprint density at radius 1 is 1.24 bits per heavy atom. The van der Waals surface area contributed by atoms with Gasteiger partial charge in [-0.1, -0.05) is 25.8 Å². The number of carbonyl (C=O) groups is 3. The van der Waals surface area contributed by atoms with Crippen molar-refractivity contribution < 1.29 is 23.9 Å². The second-order valence-electron chi connectivity index (χ2n) is 8.12. The van der Waals surface area contributed by atoms with E-state index in [0.717, 1.165) is 24.8 Å². The van der Waals surface area contributed by atoms with Gasteiger partial charge in [0.2, 0.25) is 5.91 Å². The van der Waals surface area contributed by atoms with Gasteiger partial charge in [-0.15, -0.1) is 0 Å². The molecule has 1 aromatic carbocycles. The smallest absolute Gasteiger partial charge is 0.311 e. The maximum atomic E-state index is 12.5. The average molecular weight is 402 g/mol. The Morgan fingerprint density at radius 3 is 2.72 bits per heavy atom. The van der Waals surface area contributed by atoms with Crippen molar-refractivity contribution >= 4 is 23.5 Å². The maximum Gasteiger partial charge on any atom is 0.311 e. The summed E-state index contributed by atoms with van der Waals surface area (Å²) in [5, 5.41) is 2.97. The fourth-order valence-corrected chi connectivity index (χ4v) is 4.14. The standard InChI is InChI=1S/C22H30N2O5/c1-14-8-9-19(28-3)18(10-14)24-12-16(11-21(24)26)22(27)29-13-20(25)23-17-7-5-4-6-15(17)2/h8-10,15-17H,4-7,11-13H2,1-3H3,(H,23,25)/t15-,16+,17+/m0/s1. The van der Waals surface area contributed by atoms with E-state index in [2.05, 4.69) is 12.2 Å². The number of ether oxygens (including phenoxy) is 2. The molecule has 1 aliphatic heterocycles. The highest BCUT2D eigenvalue weighted by Crippen LogP contribution is 2.34. The molecule has 158 valence electrons. The molecular formula is C22H30N2O5. The molecule has 0 radical (unpaired) electrons. The number of carbonyl (C=O) groups excluding carboxylic acids is 3. The minimum atomic E-state index is -0.589. The van der Waals surface area contributed by atoms with E-state index in [9.17, 15) is 14.4 Å². The molecule has 1 saturated heterocycles. The third-order valence-corrected chi connectivity index (χ3v) is 5.89. The van der Waals surface area contributed by atoms with Crippen molar-refractivity contribution in [2.45, 2.75) is 52.0 Å². The van der Waals surface area contributed by atoms with E-state index in [1.807, 2.05) is 19.1 Å². The van der Waals surface area contributed by atoms with Crippen LogP contribution >= 0.6 is 0 Å². The number of aryl methyl sites for hydroxylation is 1. The number of amides is 2. The monoisotopic (exact) mass is 402 g/mol. The molecule has 1 heterocycles. The number of methoxy groups -OCH3 is 1. The number of hydrogen-bond donors (Lipinski definition) is 1. The number of rotatable bonds is 6. The Labute approximate surface area is 171 Å². The van der Waals surface area contributed by atoms with Crippen molar-refractivity contribution in [2.24, 2.45) is 11.8 Å². The molecule has 2 amide bonds. The maximum absolute atomic E-state index is 12.5. The van der Waals surface area contributed by atoms with E-state index in [1.54, 1.807) is 18.1 Å². The minimum absolute atomic E-state index is 0.0667. The first-order chi connectivity index (χ1) is 13.9. The van der Waals surface area contributed by atoms with E-state index in [0.29, 0.717) is 17.4 Å². The molecule has 3 atom stereocenters. The third kappa shape index (κ3) is 5.08. The van der Waals surface area contributed by atoms with Gasteiger partial charge in [0.1, 0.15) is 5.75 Å². The molecular weight excluding hydrogens is 372 g/mol. The normalized spacial score (nSPS) is 24.3. The predicted octanol–water partition coefficient (Wildman–Crippen LogP) is 2.59. The largest absolute Gasteiger partial charge is 0.495 e. The highest BCUT2D eigenvalue weighted by atomic mass is 16.5. The molecule has 29 heavy (non-hydrogen) atoms. The Hall–Kier alpha value is -2.57. The van der Waals surface area contributed by atoms with Crippen LogP contribution in [0.3, 0.4) is 0 Å². The van der Waals surface area contributed by atoms with E-state index < -0.39 is 11.9 Å². The molecule has 1 aromatic rings. The summed E-state index contributed by atoms with van der Waals surface area (Å²) in [6.45, 7) is 3.98. The molecule has 0 spiro atoms. The van der Waals surface area contributed by atoms with Gasteiger partial charge in [-0.2, -0.15) is 0 Å². The second-order valence-corrected chi connectivity index (χ2v) is 8.12. The van der Waals surface area contributed by atoms with Crippen molar-refractivity contribution in [1.82, 2.24) is 5.32 Å². The molecule has 2 aliphatic rings. The summed E-state index contributed by atoms with van der Waals surface area (Å²) in [7, 11) is 1.55. The molecule has 0 unspecified atom stereocenters. The Balaban J connectivity index is 1.54. The fraction of sp³-hybridized carbons (Fsp3) is 0.591. The number of hydrogen-bond acceptors (Lipinski definition) is 5. The average Bonchev–Trinajstić information content (AvgIpc) is 3.09. The highest BCUT2D eigenvalue weighted by Gasteiger charge is 2.37. The summed E-state index contributed by atoms with van der Waals surface area (Å²) >= 11 is 0. The van der Waals surface area contributed by atoms with Crippen LogP contribution in [0.5, 0.6) is 5.75 Å². The molecule has 0 bridgehead atoms. The van der Waals surface area contributed by atoms with Crippen LogP contribution in [0, 0.1) is 18.8 Å². The first-order valence-corrected chi connectivity index (χ1v) is 10.3. The number of anilines is 1. The summed E-state index contributed by atoms with van der Waals surface area (Å²) in [5.41, 5.74) is 1.64. The molecule has 1 N–H and O–H groups in total. The van der Waals surface area contributed by atoms with Gasteiger partial charge in [0.25, 0.3) is 5.91 Å². The summed E-state index contributed by atoms with van der Waals surface area (Å²) in [4.78, 5) is 38.6. The topological polar surface area (TPSA) is 84.9 Å². The lowest BCUT2D eigenvalue weighted by atomic mass is 9.86. The fourth-order valence-electron chi connectivity index (χ4n) is 4.14. The van der Waals surface area contributed by atoms with Crippen molar-refractivity contribution in [3.05, 3.63) is 23.8 Å². The lowest BCUT2D eigenvalue weighted by molar-refractivity contribution is -0.152. The van der Waals surface area contributed by atoms with Crippen LogP contribution in [-0.4, -0.2) is 44.1 Å². The lowest BCUT2D eigenvalue weighted by Crippen LogP contribution is -2.43. The van der Waals surface area contributed by atoms with E-state index in [1.165, 1.54) is 6.42 Å². The zero-order chi connectivity index (χ0) is 21.0. The second kappa shape index (κ2) is 9.29. The van der Waals surface area contributed by atoms with Crippen LogP contribution in [-0.2, 0) is 19.1 Å². The molecule has 3 rings (SSSR count). The molecule has 0 aromatic heterocycles.